The third kappa shape index (κ3) is 1.32. The first kappa shape index (κ1) is 9.28. The van der Waals surface area contributed by atoms with Crippen LogP contribution in [-0.2, 0) is 0 Å². The quantitative estimate of drug-likeness (QED) is 0.708. The molecule has 1 heterocycles. The monoisotopic (exact) mass is 207 g/mol. The molecule has 0 atom stereocenters. The molecule has 0 saturated carbocycles. The molecule has 1 aromatic carbocycles. The van der Waals surface area contributed by atoms with Gasteiger partial charge in [0.1, 0.15) is 5.02 Å². The highest BCUT2D eigenvalue weighted by Gasteiger charge is 2.04. The smallest absolute Gasteiger partial charge is 0.207 e. The van der Waals surface area contributed by atoms with Crippen molar-refractivity contribution in [3.05, 3.63) is 44.7 Å². The van der Waals surface area contributed by atoms with Crippen LogP contribution in [-0.4, -0.2) is 4.98 Å². The molecule has 0 saturated heterocycles. The first-order chi connectivity index (χ1) is 6.59. The third-order valence-corrected chi connectivity index (χ3v) is 2.73. The van der Waals surface area contributed by atoms with Gasteiger partial charge in [-0.15, -0.1) is 0 Å². The fourth-order valence-electron chi connectivity index (χ4n) is 1.46. The van der Waals surface area contributed by atoms with Crippen LogP contribution in [0.15, 0.2) is 23.1 Å². The van der Waals surface area contributed by atoms with Crippen LogP contribution in [0.25, 0.3) is 10.9 Å². The summed E-state index contributed by atoms with van der Waals surface area (Å²) in [7, 11) is 0. The highest BCUT2D eigenvalue weighted by molar-refractivity contribution is 6.31. The van der Waals surface area contributed by atoms with Gasteiger partial charge in [0.25, 0.3) is 0 Å². The van der Waals surface area contributed by atoms with E-state index in [1.165, 1.54) is 6.20 Å². The molecular weight excluding hydrogens is 198 g/mol. The Morgan fingerprint density at radius 2 is 1.86 bits per heavy atom. The van der Waals surface area contributed by atoms with Crippen molar-refractivity contribution in [1.82, 2.24) is 4.98 Å². The number of hydrogen-bond acceptors (Lipinski definition) is 1. The topological polar surface area (TPSA) is 32.9 Å². The average molecular weight is 208 g/mol. The number of aryl methyl sites for hydroxylation is 2. The highest BCUT2D eigenvalue weighted by atomic mass is 35.5. The predicted molar refractivity (Wildman–Crippen MR) is 59.1 cm³/mol. The van der Waals surface area contributed by atoms with Crippen LogP contribution in [0.1, 0.15) is 11.1 Å². The molecule has 1 aromatic heterocycles. The van der Waals surface area contributed by atoms with Gasteiger partial charge in [0.2, 0.25) is 5.43 Å². The summed E-state index contributed by atoms with van der Waals surface area (Å²) in [6, 6.07) is 3.83. The minimum absolute atomic E-state index is 0.108. The fourth-order valence-corrected chi connectivity index (χ4v) is 1.62. The molecule has 14 heavy (non-hydrogen) atoms. The van der Waals surface area contributed by atoms with Crippen molar-refractivity contribution in [2.24, 2.45) is 0 Å². The molecule has 0 radical (unpaired) electrons. The summed E-state index contributed by atoms with van der Waals surface area (Å²) >= 11 is 5.74. The van der Waals surface area contributed by atoms with E-state index in [0.717, 1.165) is 16.6 Å². The minimum Gasteiger partial charge on any atom is -0.360 e. The molecule has 0 unspecified atom stereocenters. The molecular formula is C11H10ClNO. The van der Waals surface area contributed by atoms with Gasteiger partial charge in [-0.2, -0.15) is 0 Å². The normalized spacial score (nSPS) is 10.8. The number of benzene rings is 1. The lowest BCUT2D eigenvalue weighted by atomic mass is 10.1. The van der Waals surface area contributed by atoms with Crippen LogP contribution in [0, 0.1) is 13.8 Å². The summed E-state index contributed by atoms with van der Waals surface area (Å²) in [5.41, 5.74) is 2.99. The highest BCUT2D eigenvalue weighted by Crippen LogP contribution is 2.16. The Labute approximate surface area is 86.5 Å². The largest absolute Gasteiger partial charge is 0.360 e. The third-order valence-electron chi connectivity index (χ3n) is 2.45. The van der Waals surface area contributed by atoms with Crippen LogP contribution in [0.3, 0.4) is 0 Å². The van der Waals surface area contributed by atoms with E-state index in [2.05, 4.69) is 4.98 Å². The van der Waals surface area contributed by atoms with E-state index in [9.17, 15) is 4.79 Å². The second-order valence-electron chi connectivity index (χ2n) is 3.45. The van der Waals surface area contributed by atoms with E-state index >= 15 is 0 Å². The Bertz CT molecular complexity index is 557. The van der Waals surface area contributed by atoms with Crippen molar-refractivity contribution in [3.8, 4) is 0 Å². The Morgan fingerprint density at radius 1 is 1.21 bits per heavy atom. The number of H-pyrrole nitrogens is 1. The van der Waals surface area contributed by atoms with Gasteiger partial charge < -0.3 is 4.98 Å². The molecule has 2 rings (SSSR count). The molecule has 0 amide bonds. The lowest BCUT2D eigenvalue weighted by Gasteiger charge is -2.03. The van der Waals surface area contributed by atoms with Gasteiger partial charge in [-0.3, -0.25) is 4.79 Å². The Kier molecular flexibility index (Phi) is 2.08. The van der Waals surface area contributed by atoms with Crippen molar-refractivity contribution in [2.45, 2.75) is 13.8 Å². The molecule has 3 heteroatoms. The van der Waals surface area contributed by atoms with E-state index in [1.54, 1.807) is 0 Å². The maximum Gasteiger partial charge on any atom is 0.207 e. The number of hydrogen-bond donors (Lipinski definition) is 1. The van der Waals surface area contributed by atoms with E-state index in [4.69, 9.17) is 11.6 Å². The minimum atomic E-state index is -0.108. The molecule has 1 N–H and O–H groups in total. The van der Waals surface area contributed by atoms with Crippen LogP contribution in [0.4, 0.5) is 0 Å². The molecule has 0 spiro atoms. The van der Waals surface area contributed by atoms with Crippen LogP contribution in [0.5, 0.6) is 0 Å². The number of fused-ring (bicyclic) bond motifs is 1. The maximum absolute atomic E-state index is 11.6. The second kappa shape index (κ2) is 3.14. The lowest BCUT2D eigenvalue weighted by Crippen LogP contribution is -2.03. The van der Waals surface area contributed by atoms with Crippen molar-refractivity contribution >= 4 is 22.5 Å². The number of rotatable bonds is 0. The lowest BCUT2D eigenvalue weighted by molar-refractivity contribution is 1.32. The van der Waals surface area contributed by atoms with Crippen molar-refractivity contribution in [2.75, 3.05) is 0 Å². The number of aromatic nitrogens is 1. The Hall–Kier alpha value is -1.28. The molecule has 0 aliphatic carbocycles. The summed E-state index contributed by atoms with van der Waals surface area (Å²) in [6.07, 6.45) is 1.53. The number of aromatic amines is 1. The van der Waals surface area contributed by atoms with E-state index in [0.29, 0.717) is 5.39 Å². The van der Waals surface area contributed by atoms with Crippen molar-refractivity contribution < 1.29 is 0 Å². The van der Waals surface area contributed by atoms with Crippen LogP contribution < -0.4 is 5.43 Å². The average Bonchev–Trinajstić information content (AvgIpc) is 2.15. The predicted octanol–water partition coefficient (Wildman–Crippen LogP) is 2.80. The van der Waals surface area contributed by atoms with Crippen LogP contribution in [0.2, 0.25) is 5.02 Å². The van der Waals surface area contributed by atoms with Gasteiger partial charge >= 0.3 is 0 Å². The van der Waals surface area contributed by atoms with Crippen LogP contribution >= 0.6 is 11.6 Å². The number of pyridine rings is 1. The molecule has 2 nitrogen and oxygen atoms in total. The fraction of sp³-hybridized carbons (Fsp3) is 0.182. The maximum atomic E-state index is 11.6. The van der Waals surface area contributed by atoms with Crippen molar-refractivity contribution in [1.29, 1.82) is 0 Å². The SMILES string of the molecule is Cc1cc2[nH]cc(Cl)c(=O)c2cc1C. The summed E-state index contributed by atoms with van der Waals surface area (Å²) in [6.45, 7) is 4.00. The van der Waals surface area contributed by atoms with Gasteiger partial charge in [0, 0.05) is 17.1 Å². The molecule has 0 aliphatic rings. The summed E-state index contributed by atoms with van der Waals surface area (Å²) < 4.78 is 0. The zero-order valence-electron chi connectivity index (χ0n) is 8.02. The summed E-state index contributed by atoms with van der Waals surface area (Å²) in [4.78, 5) is 14.6. The van der Waals surface area contributed by atoms with E-state index in [-0.39, 0.29) is 10.5 Å². The zero-order chi connectivity index (χ0) is 10.3. The zero-order valence-corrected chi connectivity index (χ0v) is 8.77. The van der Waals surface area contributed by atoms with Gasteiger partial charge in [-0.1, -0.05) is 11.6 Å². The second-order valence-corrected chi connectivity index (χ2v) is 3.85. The summed E-state index contributed by atoms with van der Waals surface area (Å²) in [5, 5.41) is 0.890. The number of halogens is 1. The first-order valence-corrected chi connectivity index (χ1v) is 4.75. The van der Waals surface area contributed by atoms with Crippen molar-refractivity contribution in [3.63, 3.8) is 0 Å². The summed E-state index contributed by atoms with van der Waals surface area (Å²) in [5.74, 6) is 0. The van der Waals surface area contributed by atoms with Gasteiger partial charge in [0.05, 0.1) is 0 Å². The van der Waals surface area contributed by atoms with Gasteiger partial charge in [0.15, 0.2) is 0 Å². The van der Waals surface area contributed by atoms with Gasteiger partial charge in [-0.05, 0) is 37.1 Å². The van der Waals surface area contributed by atoms with Gasteiger partial charge in [-0.25, -0.2) is 0 Å². The number of nitrogens with one attached hydrogen (secondary N) is 1. The first-order valence-electron chi connectivity index (χ1n) is 4.38. The van der Waals surface area contributed by atoms with E-state index in [1.807, 2.05) is 26.0 Å². The molecule has 0 aliphatic heterocycles. The van der Waals surface area contributed by atoms with E-state index < -0.39 is 0 Å². The Balaban J connectivity index is 2.97. The Morgan fingerprint density at radius 3 is 2.57 bits per heavy atom. The molecule has 0 bridgehead atoms. The molecule has 72 valence electrons. The standard InChI is InChI=1S/C11H10ClNO/c1-6-3-8-10(4-7(6)2)13-5-9(12)11(8)14/h3-5H,1-2H3,(H,13,14). The molecule has 2 aromatic rings. The molecule has 0 fully saturated rings.